The number of aryl methyl sites for hydroxylation is 1. The molecule has 0 radical (unpaired) electrons. The maximum absolute atomic E-state index is 14.7. The second-order valence-electron chi connectivity index (χ2n) is 24.9. The Bertz CT molecular complexity index is 3370. The average Bonchev–Trinajstić information content (AvgIpc) is 1.59. The van der Waals surface area contributed by atoms with E-state index in [0.717, 1.165) is 16.7 Å². The van der Waals surface area contributed by atoms with E-state index in [9.17, 15) is 57.8 Å². The van der Waals surface area contributed by atoms with Crippen LogP contribution in [0.15, 0.2) is 66.4 Å². The van der Waals surface area contributed by atoms with Gasteiger partial charge >= 0.3 is 23.9 Å². The van der Waals surface area contributed by atoms with Crippen LogP contribution < -0.4 is 21.3 Å². The Morgan fingerprint density at radius 3 is 2.36 bits per heavy atom. The zero-order valence-electron chi connectivity index (χ0n) is 53.3. The zero-order valence-corrected chi connectivity index (χ0v) is 54.1. The number of hydroxylamine groups is 2. The minimum Gasteiger partial charge on any atom is -0.462 e. The number of fused-ring (bicyclic) bond motifs is 6. The Morgan fingerprint density at radius 1 is 0.978 bits per heavy atom. The number of hydrogen-bond donors (Lipinski definition) is 4. The number of nitrogens with zero attached hydrogens (tertiary/aromatic N) is 4. The number of unbranched alkanes of at least 4 members (excludes halogenated alkanes) is 1. The lowest BCUT2D eigenvalue weighted by Gasteiger charge is -2.41. The monoisotopic (exact) mass is 1280 g/mol. The third-order valence-electron chi connectivity index (χ3n) is 17.7. The van der Waals surface area contributed by atoms with Gasteiger partial charge in [0, 0.05) is 96.1 Å². The van der Waals surface area contributed by atoms with Gasteiger partial charge in [-0.05, 0) is 101 Å². The number of amides is 7. The Hall–Kier alpha value is -7.93. The van der Waals surface area contributed by atoms with Gasteiger partial charge in [0.25, 0.3) is 17.7 Å². The lowest BCUT2D eigenvalue weighted by molar-refractivity contribution is -0.197. The van der Waals surface area contributed by atoms with Crippen LogP contribution in [0.25, 0.3) is 10.9 Å². The fourth-order valence-electron chi connectivity index (χ4n) is 12.0. The molecule has 3 fully saturated rings. The quantitative estimate of drug-likeness (QED) is 0.0347. The molecule has 0 saturated carbocycles. The van der Waals surface area contributed by atoms with Gasteiger partial charge in [0.15, 0.2) is 5.78 Å². The van der Waals surface area contributed by atoms with Gasteiger partial charge in [-0.25, -0.2) is 14.4 Å². The van der Waals surface area contributed by atoms with Gasteiger partial charge in [-0.2, -0.15) is 0 Å². The summed E-state index contributed by atoms with van der Waals surface area (Å²) in [6, 6.07) is 6.93. The van der Waals surface area contributed by atoms with Crippen molar-refractivity contribution in [3.05, 3.63) is 93.7 Å². The number of aliphatic hydroxyl groups is 1. The molecule has 91 heavy (non-hydrogen) atoms. The topological polar surface area (TPSA) is 330 Å². The predicted molar refractivity (Wildman–Crippen MR) is 332 cm³/mol. The number of ketones is 2. The van der Waals surface area contributed by atoms with E-state index in [1.165, 1.54) is 43.1 Å². The van der Waals surface area contributed by atoms with Gasteiger partial charge in [0.2, 0.25) is 11.8 Å². The maximum atomic E-state index is 14.7. The van der Waals surface area contributed by atoms with Crippen LogP contribution in [0.4, 0.5) is 10.5 Å². The number of hydrogen-bond acceptors (Lipinski definition) is 18. The van der Waals surface area contributed by atoms with Crippen molar-refractivity contribution in [3.63, 3.8) is 0 Å². The molecule has 4 aliphatic heterocycles. The third-order valence-corrected chi connectivity index (χ3v) is 18.2. The number of esters is 2. The first-order valence-corrected chi connectivity index (χ1v) is 31.1. The molecule has 492 valence electrons. The van der Waals surface area contributed by atoms with Gasteiger partial charge in [-0.15, -0.1) is 5.06 Å². The summed E-state index contributed by atoms with van der Waals surface area (Å²) in [5.74, 6) is -7.71. The van der Waals surface area contributed by atoms with Crippen molar-refractivity contribution in [2.45, 2.75) is 186 Å². The molecule has 5 N–H and O–H groups in total. The van der Waals surface area contributed by atoms with Crippen LogP contribution in [-0.4, -0.2) is 161 Å². The van der Waals surface area contributed by atoms with E-state index in [4.69, 9.17) is 41.1 Å². The van der Waals surface area contributed by atoms with E-state index in [2.05, 4.69) is 15.6 Å². The number of pyridine rings is 1. The van der Waals surface area contributed by atoms with Crippen LogP contribution in [0.1, 0.15) is 146 Å². The molecule has 25 heteroatoms. The van der Waals surface area contributed by atoms with Crippen molar-refractivity contribution >= 4 is 93.2 Å². The summed E-state index contributed by atoms with van der Waals surface area (Å²) in [7, 11) is 4.42. The molecular weight excluding hydrogens is 1200 g/mol. The maximum Gasteiger partial charge on any atom is 0.333 e. The molecule has 3 saturated heterocycles. The molecule has 4 bridgehead atoms. The lowest BCUT2D eigenvalue weighted by atomic mass is 9.78. The summed E-state index contributed by atoms with van der Waals surface area (Å²) in [6.45, 7) is 12.3. The lowest BCUT2D eigenvalue weighted by Crippen LogP contribution is -2.53. The summed E-state index contributed by atoms with van der Waals surface area (Å²) in [5, 5.41) is 18.6. The van der Waals surface area contributed by atoms with Crippen molar-refractivity contribution in [2.75, 3.05) is 32.6 Å². The SMILES string of the molecule is CO[C@@H]1/C=C/C=C(\C)Cc2cc(C)c(Cl)c(c2)N(C)C(=O)C[C@H](OC(=O)[C@H](C)N(C)C(=O)c2ccc(CC(=O)[C@H](CCCNC(N)=O)NC(=O)[C@@H](CC(=O)CCCCC(=O)ON3C(=O)CCC3=O)C(C)C)c3cccnc23)[C@]2(C)O[C@H]2[C@H](C)[C@@H]2C[C@@]1(O)CC(=O)O2. The Morgan fingerprint density at radius 2 is 1.68 bits per heavy atom. The first-order valence-electron chi connectivity index (χ1n) is 30.8. The highest BCUT2D eigenvalue weighted by Crippen LogP contribution is 2.50. The van der Waals surface area contributed by atoms with E-state index in [1.54, 1.807) is 65.1 Å². The van der Waals surface area contributed by atoms with Crippen molar-refractivity contribution in [3.8, 4) is 0 Å². The third kappa shape index (κ3) is 17.4. The van der Waals surface area contributed by atoms with Crippen molar-refractivity contribution in [2.24, 2.45) is 23.5 Å². The van der Waals surface area contributed by atoms with Gasteiger partial charge in [-0.1, -0.05) is 74.4 Å². The fraction of sp³-hybridized carbons (Fsp3) is 0.545. The fourth-order valence-corrected chi connectivity index (χ4v) is 12.2. The Balaban J connectivity index is 1.07. The highest BCUT2D eigenvalue weighted by Gasteiger charge is 2.64. The summed E-state index contributed by atoms with van der Waals surface area (Å²) in [6.07, 6.45) is 2.86. The van der Waals surface area contributed by atoms with E-state index in [1.807, 2.05) is 32.1 Å². The number of Topliss-reactive ketones (excluding diaryl/α,β-unsaturated/α-hetero) is 2. The van der Waals surface area contributed by atoms with Crippen LogP contribution in [0.5, 0.6) is 0 Å². The molecule has 2 aromatic carbocycles. The largest absolute Gasteiger partial charge is 0.462 e. The van der Waals surface area contributed by atoms with Crippen molar-refractivity contribution in [1.29, 1.82) is 0 Å². The first-order chi connectivity index (χ1) is 43.0. The predicted octanol–water partition coefficient (Wildman–Crippen LogP) is 6.37. The highest BCUT2D eigenvalue weighted by atomic mass is 35.5. The highest BCUT2D eigenvalue weighted by molar-refractivity contribution is 6.34. The molecule has 7 amide bonds. The number of likely N-dealkylation sites (N-methyl/N-ethyl adjacent to an activating group) is 1. The Kier molecular flexibility index (Phi) is 23.6. The molecule has 10 atom stereocenters. The number of urea groups is 1. The minimum atomic E-state index is -1.66. The van der Waals surface area contributed by atoms with Gasteiger partial charge in [-0.3, -0.25) is 43.3 Å². The van der Waals surface area contributed by atoms with Gasteiger partial charge < -0.3 is 55.1 Å². The number of imide groups is 1. The summed E-state index contributed by atoms with van der Waals surface area (Å²) < 4.78 is 24.3. The van der Waals surface area contributed by atoms with Crippen LogP contribution >= 0.6 is 11.6 Å². The van der Waals surface area contributed by atoms with Crippen molar-refractivity contribution < 1.29 is 81.6 Å². The summed E-state index contributed by atoms with van der Waals surface area (Å²) in [5.41, 5.74) is 5.93. The summed E-state index contributed by atoms with van der Waals surface area (Å²) in [4.78, 5) is 158. The molecule has 3 aromatic rings. The van der Waals surface area contributed by atoms with E-state index < -0.39 is 125 Å². The molecular formula is C66H84ClN7O17. The molecule has 1 aromatic heterocycles. The van der Waals surface area contributed by atoms with E-state index in [-0.39, 0.29) is 106 Å². The molecule has 7 rings (SSSR count). The Labute approximate surface area is 534 Å². The summed E-state index contributed by atoms with van der Waals surface area (Å²) >= 11 is 6.89. The van der Waals surface area contributed by atoms with E-state index >= 15 is 0 Å². The number of primary amides is 1. The number of methoxy groups -OCH3 is 1. The molecule has 0 unspecified atom stereocenters. The number of benzene rings is 2. The van der Waals surface area contributed by atoms with Gasteiger partial charge in [0.1, 0.15) is 41.3 Å². The normalized spacial score (nSPS) is 24.7. The number of carbonyl (C=O) groups is 11. The smallest absolute Gasteiger partial charge is 0.333 e. The number of anilines is 1. The first kappa shape index (κ1) is 70.5. The van der Waals surface area contributed by atoms with Crippen LogP contribution in [-0.2, 0) is 79.8 Å². The molecule has 24 nitrogen and oxygen atoms in total. The number of epoxide rings is 1. The molecule has 4 aliphatic rings. The number of carbonyl (C=O) groups excluding carboxylic acids is 11. The second kappa shape index (κ2) is 30.5. The number of rotatable bonds is 23. The second-order valence-corrected chi connectivity index (χ2v) is 25.3. The number of aromatic nitrogens is 1. The van der Waals surface area contributed by atoms with Crippen LogP contribution in [0.3, 0.4) is 0 Å². The van der Waals surface area contributed by atoms with Gasteiger partial charge in [0.05, 0.1) is 46.8 Å². The zero-order chi connectivity index (χ0) is 66.8. The number of nitrogens with one attached hydrogen (secondary N) is 2. The molecule has 0 spiro atoms. The van der Waals surface area contributed by atoms with Crippen molar-refractivity contribution in [1.82, 2.24) is 25.6 Å². The standard InChI is InChI=1S/C66H84ClN7O17/c1-36(2)46(32-43(75)17-11-12-21-56(80)91-74-53(77)24-25-54(74)78)61(82)71-47(19-15-27-70-64(68)85)49(76)31-42-22-23-45(59-44(42)18-14-26-69-59)62(83)72(8)40(6)63(84)89-52-33-55(79)73(9)48-30-41(29-38(4)58(48)67)28-37(3)16-13-20-51(87-10)66(86)34-50(88-57(81)35-66)39(5)60-65(52,7)90-60/h13-14,16,18,20,22-23,26,29-30,36,39-40,46-47,50-52,60,86H,11-12,15,17,19,21,24-25,27-28,31-35H2,1-10H3,(H,71,82)(H3,68,70,85)/b20-13+,37-16+/t39-,40+,46+,47+,50+,51-,52+,60+,65+,66-/m1/s1. The number of halogens is 1. The molecule has 0 aliphatic carbocycles. The van der Waals surface area contributed by atoms with Crippen LogP contribution in [0, 0.1) is 24.7 Å². The van der Waals surface area contributed by atoms with E-state index in [0.29, 0.717) is 33.1 Å². The van der Waals surface area contributed by atoms with Crippen LogP contribution in [0.2, 0.25) is 5.02 Å². The average molecular weight is 1280 g/mol. The minimum absolute atomic E-state index is 0.0197. The number of nitrogens with two attached hydrogens (primary N) is 1. The number of ether oxygens (including phenoxy) is 4. The number of allylic oxidation sites excluding steroid dienone is 3. The molecule has 5 heterocycles.